The molecule has 0 bridgehead atoms. The number of rotatable bonds is 10. The number of carboxylic acids is 1. The van der Waals surface area contributed by atoms with Crippen molar-refractivity contribution in [3.8, 4) is 23.1 Å². The maximum absolute atomic E-state index is 13.8. The van der Waals surface area contributed by atoms with Crippen LogP contribution in [0.2, 0.25) is 0 Å². The smallest absolute Gasteiger partial charge is 0.345 e. The van der Waals surface area contributed by atoms with E-state index in [2.05, 4.69) is 30.0 Å². The summed E-state index contributed by atoms with van der Waals surface area (Å²) in [5.74, 6) is -0.753. The van der Waals surface area contributed by atoms with Crippen LogP contribution in [-0.2, 0) is 29.8 Å². The molecular formula is C25H27F3N6O5. The lowest BCUT2D eigenvalue weighted by Gasteiger charge is -2.18. The summed E-state index contributed by atoms with van der Waals surface area (Å²) in [6.07, 6.45) is 3.97. The molecule has 0 amide bonds. The van der Waals surface area contributed by atoms with Gasteiger partial charge >= 0.3 is 18.6 Å². The Balaban J connectivity index is 1.26. The van der Waals surface area contributed by atoms with E-state index >= 15 is 0 Å². The molecule has 1 N–H and O–H groups in total. The van der Waals surface area contributed by atoms with Gasteiger partial charge in [0.2, 0.25) is 0 Å². The molecule has 0 unspecified atom stereocenters. The van der Waals surface area contributed by atoms with Gasteiger partial charge in [-0.1, -0.05) is 5.21 Å². The third-order valence-corrected chi connectivity index (χ3v) is 7.38. The fraction of sp³-hybridized carbons (Fsp3) is 0.520. The number of fused-ring (bicyclic) bond motifs is 1. The number of carbonyl (C=O) groups is 1. The van der Waals surface area contributed by atoms with Gasteiger partial charge in [-0.3, -0.25) is 4.79 Å². The molecule has 3 aromatic heterocycles. The van der Waals surface area contributed by atoms with Crippen molar-refractivity contribution in [3.63, 3.8) is 0 Å². The quantitative estimate of drug-likeness (QED) is 0.400. The van der Waals surface area contributed by atoms with E-state index in [4.69, 9.17) is 9.47 Å². The van der Waals surface area contributed by atoms with Crippen molar-refractivity contribution in [1.29, 1.82) is 0 Å². The number of aryl methyl sites for hydroxylation is 2. The van der Waals surface area contributed by atoms with Gasteiger partial charge in [0.25, 0.3) is 0 Å². The van der Waals surface area contributed by atoms with Crippen LogP contribution in [0, 0.1) is 30.5 Å². The van der Waals surface area contributed by atoms with Crippen LogP contribution in [0.1, 0.15) is 42.8 Å². The zero-order valence-corrected chi connectivity index (χ0v) is 21.3. The topological polar surface area (TPSA) is 134 Å². The lowest BCUT2D eigenvalue weighted by Crippen LogP contribution is -2.21. The highest BCUT2D eigenvalue weighted by Crippen LogP contribution is 2.48. The molecule has 2 saturated carbocycles. The molecule has 0 radical (unpaired) electrons. The maximum atomic E-state index is 13.8. The first-order valence-electron chi connectivity index (χ1n) is 12.5. The van der Waals surface area contributed by atoms with Gasteiger partial charge in [-0.15, -0.1) is 5.10 Å². The van der Waals surface area contributed by atoms with E-state index in [1.165, 1.54) is 4.68 Å². The summed E-state index contributed by atoms with van der Waals surface area (Å²) < 4.78 is 55.8. The SMILES string of the molecule is Cc1nc(-c2nnn(C)c2COc2ncc(F)c(COC(F)F)n2)ccc1O[C@H]1C[C@@H]2CC[C@H](C(=O)O)[C@@H]2C1. The van der Waals surface area contributed by atoms with Crippen LogP contribution in [0.3, 0.4) is 0 Å². The minimum absolute atomic E-state index is 0.0549. The van der Waals surface area contributed by atoms with Crippen LogP contribution < -0.4 is 9.47 Å². The first-order chi connectivity index (χ1) is 18.7. The number of alkyl halides is 2. The van der Waals surface area contributed by atoms with Crippen LogP contribution in [0.25, 0.3) is 11.4 Å². The highest BCUT2D eigenvalue weighted by molar-refractivity contribution is 5.71. The predicted molar refractivity (Wildman–Crippen MR) is 127 cm³/mol. The summed E-state index contributed by atoms with van der Waals surface area (Å²) in [5, 5.41) is 17.7. The fourth-order valence-electron chi connectivity index (χ4n) is 5.49. The minimum atomic E-state index is -3.07. The summed E-state index contributed by atoms with van der Waals surface area (Å²) in [5.41, 5.74) is 1.77. The van der Waals surface area contributed by atoms with Crippen molar-refractivity contribution in [2.75, 3.05) is 0 Å². The monoisotopic (exact) mass is 548 g/mol. The zero-order chi connectivity index (χ0) is 27.7. The minimum Gasteiger partial charge on any atom is -0.489 e. The molecule has 2 aliphatic rings. The number of halogens is 3. The van der Waals surface area contributed by atoms with Crippen LogP contribution in [-0.4, -0.2) is 53.7 Å². The Morgan fingerprint density at radius 2 is 2.03 bits per heavy atom. The molecule has 0 aromatic carbocycles. The second kappa shape index (κ2) is 11.1. The Hall–Kier alpha value is -3.81. The highest BCUT2D eigenvalue weighted by Gasteiger charge is 2.47. The Labute approximate surface area is 221 Å². The summed E-state index contributed by atoms with van der Waals surface area (Å²) in [6.45, 7) is -2.09. The molecule has 2 aliphatic carbocycles. The number of aromatic nitrogens is 6. The second-order valence-corrected chi connectivity index (χ2v) is 9.75. The first-order valence-corrected chi connectivity index (χ1v) is 12.5. The molecule has 2 fully saturated rings. The number of ether oxygens (including phenoxy) is 3. The van der Waals surface area contributed by atoms with E-state index in [1.807, 2.05) is 6.92 Å². The molecule has 4 atom stereocenters. The van der Waals surface area contributed by atoms with Gasteiger partial charge in [0, 0.05) is 7.05 Å². The summed E-state index contributed by atoms with van der Waals surface area (Å²) in [6, 6.07) is 3.33. The summed E-state index contributed by atoms with van der Waals surface area (Å²) in [4.78, 5) is 23.7. The summed E-state index contributed by atoms with van der Waals surface area (Å²) in [7, 11) is 1.66. The number of aliphatic carboxylic acids is 1. The second-order valence-electron chi connectivity index (χ2n) is 9.75. The average Bonchev–Trinajstić information content (AvgIpc) is 3.58. The molecule has 3 aromatic rings. The van der Waals surface area contributed by atoms with E-state index in [9.17, 15) is 23.1 Å². The molecule has 5 rings (SSSR count). The van der Waals surface area contributed by atoms with E-state index in [0.29, 0.717) is 34.4 Å². The van der Waals surface area contributed by atoms with Crippen molar-refractivity contribution in [3.05, 3.63) is 41.2 Å². The van der Waals surface area contributed by atoms with Gasteiger partial charge in [0.05, 0.1) is 36.2 Å². The van der Waals surface area contributed by atoms with Crippen molar-refractivity contribution in [2.45, 2.75) is 58.5 Å². The highest BCUT2D eigenvalue weighted by atomic mass is 19.3. The predicted octanol–water partition coefficient (Wildman–Crippen LogP) is 3.70. The van der Waals surface area contributed by atoms with E-state index in [1.54, 1.807) is 19.2 Å². The fourth-order valence-corrected chi connectivity index (χ4v) is 5.49. The van der Waals surface area contributed by atoms with Crippen molar-refractivity contribution in [2.24, 2.45) is 24.8 Å². The molecular weight excluding hydrogens is 521 g/mol. The van der Waals surface area contributed by atoms with Crippen LogP contribution in [0.5, 0.6) is 11.8 Å². The Kier molecular flexibility index (Phi) is 7.64. The van der Waals surface area contributed by atoms with Gasteiger partial charge < -0.3 is 19.3 Å². The van der Waals surface area contributed by atoms with Gasteiger partial charge in [-0.25, -0.2) is 19.0 Å². The largest absolute Gasteiger partial charge is 0.489 e. The Morgan fingerprint density at radius 1 is 1.21 bits per heavy atom. The van der Waals surface area contributed by atoms with E-state index in [-0.39, 0.29) is 36.3 Å². The first kappa shape index (κ1) is 26.8. The molecule has 39 heavy (non-hydrogen) atoms. The molecule has 0 saturated heterocycles. The lowest BCUT2D eigenvalue weighted by atomic mass is 9.92. The normalized spacial score (nSPS) is 22.3. The van der Waals surface area contributed by atoms with Gasteiger partial charge in [0.15, 0.2) is 5.82 Å². The molecule has 3 heterocycles. The zero-order valence-electron chi connectivity index (χ0n) is 21.3. The maximum Gasteiger partial charge on any atom is 0.345 e. The van der Waals surface area contributed by atoms with Crippen LogP contribution >= 0.6 is 0 Å². The number of carboxylic acid groups (broad SMARTS) is 1. The third-order valence-electron chi connectivity index (χ3n) is 7.38. The van der Waals surface area contributed by atoms with Gasteiger partial charge in [-0.2, -0.15) is 13.8 Å². The van der Waals surface area contributed by atoms with Crippen molar-refractivity contribution >= 4 is 5.97 Å². The number of pyridine rings is 1. The number of hydrogen-bond acceptors (Lipinski definition) is 9. The Bertz CT molecular complexity index is 1360. The molecule has 11 nitrogen and oxygen atoms in total. The average molecular weight is 549 g/mol. The lowest BCUT2D eigenvalue weighted by molar-refractivity contribution is -0.143. The van der Waals surface area contributed by atoms with Crippen LogP contribution in [0.15, 0.2) is 18.3 Å². The molecule has 0 spiro atoms. The van der Waals surface area contributed by atoms with Crippen molar-refractivity contribution in [1.82, 2.24) is 29.9 Å². The summed E-state index contributed by atoms with van der Waals surface area (Å²) >= 11 is 0. The van der Waals surface area contributed by atoms with E-state index in [0.717, 1.165) is 31.9 Å². The van der Waals surface area contributed by atoms with Gasteiger partial charge in [0.1, 0.15) is 29.4 Å². The van der Waals surface area contributed by atoms with Crippen LogP contribution in [0.4, 0.5) is 13.2 Å². The third kappa shape index (κ3) is 5.79. The molecule has 14 heteroatoms. The van der Waals surface area contributed by atoms with Gasteiger partial charge in [-0.05, 0) is 56.6 Å². The van der Waals surface area contributed by atoms with Crippen molar-refractivity contribution < 1.29 is 37.3 Å². The molecule has 0 aliphatic heterocycles. The molecule has 208 valence electrons. The number of hydrogen-bond donors (Lipinski definition) is 1. The van der Waals surface area contributed by atoms with E-state index < -0.39 is 25.0 Å². The standard InChI is InChI=1S/C25H27F3N6O5/c1-12-21(39-14-7-13-3-4-15(23(35)36)16(13)8-14)6-5-18(30-12)22-20(34(2)33-32-22)11-38-25-29-9-17(26)19(31-25)10-37-24(27)28/h5-6,9,13-16,24H,3-4,7-8,10-11H2,1-2H3,(H,35,36)/t13-,14-,15-,16+/m0/s1. The Morgan fingerprint density at radius 3 is 2.77 bits per heavy atom. The number of nitrogens with zero attached hydrogens (tertiary/aromatic N) is 6.